The van der Waals surface area contributed by atoms with E-state index in [9.17, 15) is 18.4 Å². The molecule has 2 aliphatic rings. The number of nitrogens with zero attached hydrogens (tertiary/aromatic N) is 6. The number of rotatable bonds is 10. The molecule has 0 radical (unpaired) electrons. The molecule has 0 bridgehead atoms. The van der Waals surface area contributed by atoms with Crippen LogP contribution < -0.4 is 11.1 Å². The molecule has 1 aliphatic carbocycles. The lowest BCUT2D eigenvalue weighted by atomic mass is 9.75. The fraction of sp³-hybridized carbons (Fsp3) is 0.375. The van der Waals surface area contributed by atoms with Crippen LogP contribution in [0.3, 0.4) is 0 Å². The lowest BCUT2D eigenvalue weighted by molar-refractivity contribution is -0.135. The van der Waals surface area contributed by atoms with Gasteiger partial charge in [0.15, 0.2) is 17.3 Å². The fourth-order valence-electron chi connectivity index (χ4n) is 5.78. The Morgan fingerprint density at radius 2 is 1.94 bits per heavy atom. The number of carbonyl (C=O) groups is 2. The number of aliphatic imine (C=N–C) groups is 1. The summed E-state index contributed by atoms with van der Waals surface area (Å²) in [6.45, 7) is 3.00. The summed E-state index contributed by atoms with van der Waals surface area (Å²) in [7, 11) is 0. The van der Waals surface area contributed by atoms with Crippen molar-refractivity contribution in [1.29, 1.82) is 0 Å². The Bertz CT molecular complexity index is 1800. The molecule has 0 saturated heterocycles. The maximum Gasteiger partial charge on any atom is 0.407 e. The van der Waals surface area contributed by atoms with Gasteiger partial charge in [-0.2, -0.15) is 19.0 Å². The summed E-state index contributed by atoms with van der Waals surface area (Å²) < 4.78 is 32.5. The van der Waals surface area contributed by atoms with E-state index in [4.69, 9.17) is 27.1 Å². The summed E-state index contributed by atoms with van der Waals surface area (Å²) in [4.78, 5) is 37.9. The zero-order valence-electron chi connectivity index (χ0n) is 26.0. The first-order chi connectivity index (χ1) is 22.3. The normalized spacial score (nSPS) is 18.8. The van der Waals surface area contributed by atoms with E-state index in [-0.39, 0.29) is 24.0 Å². The Balaban J connectivity index is 1.38. The van der Waals surface area contributed by atoms with Crippen LogP contribution in [0.1, 0.15) is 63.8 Å². The predicted octanol–water partition coefficient (Wildman–Crippen LogP) is 5.80. The van der Waals surface area contributed by atoms with E-state index in [2.05, 4.69) is 25.6 Å². The van der Waals surface area contributed by atoms with Crippen molar-refractivity contribution < 1.29 is 23.1 Å². The van der Waals surface area contributed by atoms with Crippen LogP contribution in [0.15, 0.2) is 66.2 Å². The van der Waals surface area contributed by atoms with Crippen LogP contribution in [0.5, 0.6) is 0 Å². The van der Waals surface area contributed by atoms with Gasteiger partial charge in [-0.15, -0.1) is 0 Å². The van der Waals surface area contributed by atoms with Crippen LogP contribution in [-0.2, 0) is 15.1 Å². The molecule has 6 rings (SSSR count). The van der Waals surface area contributed by atoms with Crippen molar-refractivity contribution in [3.63, 3.8) is 0 Å². The molecule has 47 heavy (non-hydrogen) atoms. The number of H-pyrrole nitrogens is 1. The fourth-order valence-corrected chi connectivity index (χ4v) is 5.99. The molecule has 2 aromatic heterocycles. The lowest BCUT2D eigenvalue weighted by Crippen LogP contribution is -2.47. The lowest BCUT2D eigenvalue weighted by Gasteiger charge is -2.35. The third-order valence-corrected chi connectivity index (χ3v) is 8.37. The number of carbonyl (C=O) groups excluding carboxylic acids is 2. The van der Waals surface area contributed by atoms with Gasteiger partial charge in [0.1, 0.15) is 12.9 Å². The molecule has 15 heteroatoms. The van der Waals surface area contributed by atoms with Gasteiger partial charge in [-0.1, -0.05) is 62.7 Å². The number of ether oxygens (including phenoxy) is 1. The van der Waals surface area contributed by atoms with Crippen molar-refractivity contribution in [2.45, 2.75) is 64.2 Å². The maximum atomic E-state index is 14.8. The van der Waals surface area contributed by atoms with Gasteiger partial charge in [0, 0.05) is 23.4 Å². The molecule has 4 aromatic rings. The molecular formula is C32H34ClF2N9O3. The van der Waals surface area contributed by atoms with Gasteiger partial charge in [0.2, 0.25) is 0 Å². The number of aromatic nitrogens is 5. The Hall–Kier alpha value is -4.85. The molecule has 1 aliphatic heterocycles. The number of hydrogen-bond donors (Lipinski definition) is 3. The number of nitrogens with two attached hydrogens (primary N) is 1. The molecule has 1 fully saturated rings. The van der Waals surface area contributed by atoms with Crippen LogP contribution >= 0.6 is 11.6 Å². The topological polar surface area (TPSA) is 156 Å². The Labute approximate surface area is 274 Å². The van der Waals surface area contributed by atoms with Crippen molar-refractivity contribution >= 4 is 29.6 Å². The number of guanidine groups is 1. The number of nitrogens with one attached hydrogen (secondary N) is 2. The van der Waals surface area contributed by atoms with Crippen LogP contribution in [-0.4, -0.2) is 60.5 Å². The highest BCUT2D eigenvalue weighted by atomic mass is 35.5. The summed E-state index contributed by atoms with van der Waals surface area (Å²) in [6, 6.07) is 11.3. The third-order valence-electron chi connectivity index (χ3n) is 8.04. The van der Waals surface area contributed by atoms with Crippen LogP contribution in [0, 0.1) is 5.41 Å². The zero-order chi connectivity index (χ0) is 33.5. The predicted molar refractivity (Wildman–Crippen MR) is 170 cm³/mol. The number of hydrogen-bond acceptors (Lipinski definition) is 8. The molecule has 12 nitrogen and oxygen atoms in total. The minimum absolute atomic E-state index is 0.0473. The van der Waals surface area contributed by atoms with Crippen molar-refractivity contribution in [2.75, 3.05) is 6.61 Å². The average Bonchev–Trinajstić information content (AvgIpc) is 3.38. The van der Waals surface area contributed by atoms with Crippen molar-refractivity contribution in [1.82, 2.24) is 35.2 Å². The number of amides is 2. The summed E-state index contributed by atoms with van der Waals surface area (Å²) in [5.41, 5.74) is 7.61. The Morgan fingerprint density at radius 3 is 2.55 bits per heavy atom. The highest BCUT2D eigenvalue weighted by Gasteiger charge is 2.53. The first-order valence-electron chi connectivity index (χ1n) is 15.1. The van der Waals surface area contributed by atoms with E-state index in [0.717, 1.165) is 12.8 Å². The first-order valence-corrected chi connectivity index (χ1v) is 15.4. The van der Waals surface area contributed by atoms with Crippen LogP contribution in [0.4, 0.5) is 13.6 Å². The average molecular weight is 666 g/mol. The van der Waals surface area contributed by atoms with Gasteiger partial charge in [-0.25, -0.2) is 19.5 Å². The maximum absolute atomic E-state index is 14.8. The molecule has 1 saturated carbocycles. The van der Waals surface area contributed by atoms with Gasteiger partial charge in [0.25, 0.3) is 5.91 Å². The van der Waals surface area contributed by atoms with Gasteiger partial charge in [-0.05, 0) is 53.5 Å². The quantitative estimate of drug-likeness (QED) is 0.193. The Kier molecular flexibility index (Phi) is 8.47. The minimum Gasteiger partial charge on any atom is -0.447 e. The van der Waals surface area contributed by atoms with E-state index in [0.29, 0.717) is 49.8 Å². The SMILES string of the molecule is CC(C)(C)C[C@]1(c2ccc(-c3cnn(C(F)F)c3)cc2)N=C(N)N([C@H](COC(=O)NC2CC2)c2ccc(Cl)c(-c3ncn[nH]3)c2)C1=O. The molecular weight excluding hydrogens is 632 g/mol. The zero-order valence-corrected chi connectivity index (χ0v) is 26.7. The van der Waals surface area contributed by atoms with Crippen molar-refractivity contribution in [3.05, 3.63) is 77.3 Å². The molecule has 2 aromatic carbocycles. The largest absolute Gasteiger partial charge is 0.447 e. The highest BCUT2D eigenvalue weighted by molar-refractivity contribution is 6.33. The third kappa shape index (κ3) is 6.68. The second-order valence-corrected chi connectivity index (χ2v) is 13.3. The summed E-state index contributed by atoms with van der Waals surface area (Å²) in [6.07, 6.45) is 5.41. The second-order valence-electron chi connectivity index (χ2n) is 12.9. The van der Waals surface area contributed by atoms with Crippen LogP contribution in [0.25, 0.3) is 22.5 Å². The van der Waals surface area contributed by atoms with Gasteiger partial charge < -0.3 is 15.8 Å². The van der Waals surface area contributed by atoms with Crippen LogP contribution in [0.2, 0.25) is 5.02 Å². The summed E-state index contributed by atoms with van der Waals surface area (Å²) in [5.74, 6) is -0.0388. The van der Waals surface area contributed by atoms with Gasteiger partial charge >= 0.3 is 12.6 Å². The molecule has 4 N–H and O–H groups in total. The van der Waals surface area contributed by atoms with Gasteiger partial charge in [-0.3, -0.25) is 14.8 Å². The summed E-state index contributed by atoms with van der Waals surface area (Å²) in [5, 5.41) is 13.6. The molecule has 3 heterocycles. The number of benzene rings is 2. The van der Waals surface area contributed by atoms with E-state index in [1.54, 1.807) is 42.5 Å². The number of halogens is 3. The smallest absolute Gasteiger partial charge is 0.407 e. The van der Waals surface area contributed by atoms with Crippen molar-refractivity contribution in [3.8, 4) is 22.5 Å². The second kappa shape index (κ2) is 12.4. The summed E-state index contributed by atoms with van der Waals surface area (Å²) >= 11 is 6.52. The number of aromatic amines is 1. The first kappa shape index (κ1) is 32.1. The molecule has 246 valence electrons. The van der Waals surface area contributed by atoms with Gasteiger partial charge in [0.05, 0.1) is 17.3 Å². The molecule has 2 atom stereocenters. The van der Waals surface area contributed by atoms with Crippen molar-refractivity contribution in [2.24, 2.45) is 16.1 Å². The number of alkyl carbamates (subject to hydrolysis) is 1. The van der Waals surface area contributed by atoms with E-state index >= 15 is 0 Å². The van der Waals surface area contributed by atoms with E-state index in [1.165, 1.54) is 23.6 Å². The monoisotopic (exact) mass is 665 g/mol. The number of alkyl halides is 2. The van der Waals surface area contributed by atoms with E-state index in [1.807, 2.05) is 20.8 Å². The Morgan fingerprint density at radius 1 is 1.19 bits per heavy atom. The molecule has 2 amide bonds. The molecule has 0 unspecified atom stereocenters. The van der Waals surface area contributed by atoms with E-state index < -0.39 is 30.1 Å². The molecule has 0 spiro atoms. The standard InChI is InChI=1S/C32H34ClF2N9O3/c1-31(2,3)16-32(21-7-4-18(5-8-21)20-13-39-43(14-20)28(34)35)27(45)44(29(36)41-32)25(15-47-30(46)40-22-9-10-22)19-6-11-24(33)23(12-19)26-37-17-38-42-26/h4-8,11-14,17,22,25,28H,9-10,15-16H2,1-3H3,(H2,36,41)(H,40,46)(H,37,38,42)/t25-,32-/m1/s1. The highest BCUT2D eigenvalue weighted by Crippen LogP contribution is 2.45. The minimum atomic E-state index is -2.76.